The number of hydrogen-bond acceptors (Lipinski definition) is 3. The molecule has 17 heavy (non-hydrogen) atoms. The molecule has 0 heterocycles. The Labute approximate surface area is 108 Å². The van der Waals surface area contributed by atoms with Gasteiger partial charge >= 0.3 is 0 Å². The Bertz CT molecular complexity index is 391. The van der Waals surface area contributed by atoms with E-state index in [1.165, 1.54) is 0 Å². The van der Waals surface area contributed by atoms with Crippen LogP contribution < -0.4 is 10.5 Å². The van der Waals surface area contributed by atoms with Gasteiger partial charge in [-0.2, -0.15) is 0 Å². The van der Waals surface area contributed by atoms with Gasteiger partial charge in [0.15, 0.2) is 0 Å². The van der Waals surface area contributed by atoms with Crippen LogP contribution in [0.2, 0.25) is 0 Å². The molecule has 0 aliphatic carbocycles. The van der Waals surface area contributed by atoms with Gasteiger partial charge in [0.2, 0.25) is 0 Å². The van der Waals surface area contributed by atoms with E-state index in [1.807, 2.05) is 39.0 Å². The predicted molar refractivity (Wildman–Crippen MR) is 73.6 cm³/mol. The fourth-order valence-corrected chi connectivity index (χ4v) is 1.63. The van der Waals surface area contributed by atoms with Crippen LogP contribution in [-0.4, -0.2) is 24.3 Å². The smallest absolute Gasteiger partial charge is 0.132 e. The maximum atomic E-state index is 5.69. The van der Waals surface area contributed by atoms with Gasteiger partial charge in [-0.05, 0) is 32.4 Å². The molecule has 1 rings (SSSR count). The number of rotatable bonds is 6. The van der Waals surface area contributed by atoms with Crippen LogP contribution in [0.1, 0.15) is 25.0 Å². The minimum atomic E-state index is 0.213. The third kappa shape index (κ3) is 4.32. The first-order valence-electron chi connectivity index (χ1n) is 5.66. The van der Waals surface area contributed by atoms with Crippen molar-refractivity contribution in [2.24, 2.45) is 5.73 Å². The minimum absolute atomic E-state index is 0.213. The first-order chi connectivity index (χ1) is 8.02. The summed E-state index contributed by atoms with van der Waals surface area (Å²) in [5, 5.41) is 0. The molecule has 1 aromatic rings. The molecule has 0 fully saturated rings. The number of benzene rings is 1. The van der Waals surface area contributed by atoms with Gasteiger partial charge in [0.1, 0.15) is 17.3 Å². The standard InChI is InChI=1S/C13H19NO2S/c1-9(2)15-7-8-16-12-10(3)5-4-6-11(12)13(14)17/h4-6,9H,7-8H2,1-3H3,(H2,14,17). The van der Waals surface area contributed by atoms with Crippen LogP contribution in [0.15, 0.2) is 18.2 Å². The summed E-state index contributed by atoms with van der Waals surface area (Å²) in [6, 6.07) is 5.76. The third-order valence-electron chi connectivity index (χ3n) is 2.26. The first kappa shape index (κ1) is 13.9. The topological polar surface area (TPSA) is 44.5 Å². The quantitative estimate of drug-likeness (QED) is 0.624. The fraction of sp³-hybridized carbons (Fsp3) is 0.462. The number of hydrogen-bond donors (Lipinski definition) is 1. The zero-order valence-corrected chi connectivity index (χ0v) is 11.3. The number of aryl methyl sites for hydroxylation is 1. The molecule has 4 heteroatoms. The normalized spacial score (nSPS) is 10.6. The Morgan fingerprint density at radius 1 is 1.35 bits per heavy atom. The van der Waals surface area contributed by atoms with Gasteiger partial charge in [0.05, 0.1) is 18.3 Å². The van der Waals surface area contributed by atoms with Crippen molar-refractivity contribution in [2.45, 2.75) is 26.9 Å². The molecule has 0 spiro atoms. The zero-order chi connectivity index (χ0) is 12.8. The second-order valence-electron chi connectivity index (χ2n) is 4.08. The summed E-state index contributed by atoms with van der Waals surface area (Å²) < 4.78 is 11.1. The summed E-state index contributed by atoms with van der Waals surface area (Å²) >= 11 is 5.00. The van der Waals surface area contributed by atoms with Crippen LogP contribution in [0, 0.1) is 6.92 Å². The highest BCUT2D eigenvalue weighted by Gasteiger charge is 2.09. The van der Waals surface area contributed by atoms with Crippen molar-refractivity contribution < 1.29 is 9.47 Å². The highest BCUT2D eigenvalue weighted by atomic mass is 32.1. The number of thiocarbonyl (C=S) groups is 1. The molecule has 0 aliphatic heterocycles. The molecule has 1 aromatic carbocycles. The Morgan fingerprint density at radius 2 is 2.06 bits per heavy atom. The Kier molecular flexibility index (Phi) is 5.38. The van der Waals surface area contributed by atoms with E-state index in [-0.39, 0.29) is 6.10 Å². The van der Waals surface area contributed by atoms with Crippen LogP contribution in [0.3, 0.4) is 0 Å². The maximum Gasteiger partial charge on any atom is 0.132 e. The van der Waals surface area contributed by atoms with Crippen molar-refractivity contribution in [1.29, 1.82) is 0 Å². The molecule has 0 radical (unpaired) electrons. The molecule has 94 valence electrons. The molecule has 0 unspecified atom stereocenters. The van der Waals surface area contributed by atoms with E-state index >= 15 is 0 Å². The van der Waals surface area contributed by atoms with Crippen LogP contribution in [0.25, 0.3) is 0 Å². The average molecular weight is 253 g/mol. The maximum absolute atomic E-state index is 5.69. The summed E-state index contributed by atoms with van der Waals surface area (Å²) in [5.41, 5.74) is 7.47. The largest absolute Gasteiger partial charge is 0.490 e. The number of ether oxygens (including phenoxy) is 2. The third-order valence-corrected chi connectivity index (χ3v) is 2.48. The van der Waals surface area contributed by atoms with Gasteiger partial charge in [-0.15, -0.1) is 0 Å². The molecule has 0 saturated carbocycles. The molecule has 0 saturated heterocycles. The molecular weight excluding hydrogens is 234 g/mol. The van der Waals surface area contributed by atoms with Gasteiger partial charge in [-0.25, -0.2) is 0 Å². The lowest BCUT2D eigenvalue weighted by Gasteiger charge is -2.14. The molecule has 0 aliphatic rings. The molecule has 0 aromatic heterocycles. The lowest BCUT2D eigenvalue weighted by atomic mass is 10.1. The lowest BCUT2D eigenvalue weighted by molar-refractivity contribution is 0.0551. The average Bonchev–Trinajstić information content (AvgIpc) is 2.25. The summed E-state index contributed by atoms with van der Waals surface area (Å²) in [5.74, 6) is 0.757. The summed E-state index contributed by atoms with van der Waals surface area (Å²) in [6.45, 7) is 7.02. The molecule has 0 bridgehead atoms. The van der Waals surface area contributed by atoms with E-state index in [0.29, 0.717) is 18.2 Å². The highest BCUT2D eigenvalue weighted by Crippen LogP contribution is 2.23. The Balaban J connectivity index is 2.66. The first-order valence-corrected chi connectivity index (χ1v) is 6.07. The second kappa shape index (κ2) is 6.57. The second-order valence-corrected chi connectivity index (χ2v) is 4.52. The molecule has 2 N–H and O–H groups in total. The van der Waals surface area contributed by atoms with Crippen LogP contribution in [-0.2, 0) is 4.74 Å². The van der Waals surface area contributed by atoms with Crippen LogP contribution in [0.4, 0.5) is 0 Å². The van der Waals surface area contributed by atoms with E-state index in [0.717, 1.165) is 16.9 Å². The van der Waals surface area contributed by atoms with Crippen molar-refractivity contribution in [3.05, 3.63) is 29.3 Å². The predicted octanol–water partition coefficient (Wildman–Crippen LogP) is 2.43. The van der Waals surface area contributed by atoms with Crippen LogP contribution >= 0.6 is 12.2 Å². The molecule has 0 amide bonds. The number of para-hydroxylation sites is 1. The fourth-order valence-electron chi connectivity index (χ4n) is 1.47. The van der Waals surface area contributed by atoms with Crippen molar-refractivity contribution in [3.63, 3.8) is 0 Å². The van der Waals surface area contributed by atoms with Crippen LogP contribution in [0.5, 0.6) is 5.75 Å². The van der Waals surface area contributed by atoms with Gasteiger partial charge < -0.3 is 15.2 Å². The Morgan fingerprint density at radius 3 is 2.65 bits per heavy atom. The Hall–Kier alpha value is -1.13. The van der Waals surface area contributed by atoms with Crippen molar-refractivity contribution >= 4 is 17.2 Å². The van der Waals surface area contributed by atoms with Crippen molar-refractivity contribution in [1.82, 2.24) is 0 Å². The zero-order valence-electron chi connectivity index (χ0n) is 10.5. The van der Waals surface area contributed by atoms with E-state index < -0.39 is 0 Å². The molecule has 0 atom stereocenters. The van der Waals surface area contributed by atoms with E-state index in [1.54, 1.807) is 0 Å². The van der Waals surface area contributed by atoms with Crippen molar-refractivity contribution in [2.75, 3.05) is 13.2 Å². The number of nitrogens with two attached hydrogens (primary N) is 1. The SMILES string of the molecule is Cc1cccc(C(N)=S)c1OCCOC(C)C. The summed E-state index contributed by atoms with van der Waals surface area (Å²) in [4.78, 5) is 0.355. The highest BCUT2D eigenvalue weighted by molar-refractivity contribution is 7.80. The minimum Gasteiger partial charge on any atom is -0.490 e. The monoisotopic (exact) mass is 253 g/mol. The van der Waals surface area contributed by atoms with Gasteiger partial charge in [0.25, 0.3) is 0 Å². The molecule has 3 nitrogen and oxygen atoms in total. The summed E-state index contributed by atoms with van der Waals surface area (Å²) in [6.07, 6.45) is 0.213. The van der Waals surface area contributed by atoms with Gasteiger partial charge in [-0.1, -0.05) is 24.4 Å². The van der Waals surface area contributed by atoms with E-state index in [2.05, 4.69) is 0 Å². The lowest BCUT2D eigenvalue weighted by Crippen LogP contribution is -2.16. The van der Waals surface area contributed by atoms with Crippen molar-refractivity contribution in [3.8, 4) is 5.75 Å². The summed E-state index contributed by atoms with van der Waals surface area (Å²) in [7, 11) is 0. The molecular formula is C13H19NO2S. The van der Waals surface area contributed by atoms with Gasteiger partial charge in [0, 0.05) is 0 Å². The van der Waals surface area contributed by atoms with E-state index in [4.69, 9.17) is 27.4 Å². The van der Waals surface area contributed by atoms with E-state index in [9.17, 15) is 0 Å². The van der Waals surface area contributed by atoms with Gasteiger partial charge in [-0.3, -0.25) is 0 Å².